The number of hydrogen-bond acceptors (Lipinski definition) is 4. The molecule has 3 aliphatic rings. The SMILES string of the molecule is CC1CCN(CC2CCCN(C3CCN(c4ccc(C#N)cc4)C3=O)C2)CC1. The van der Waals surface area contributed by atoms with Crippen molar-refractivity contribution in [2.45, 2.75) is 45.1 Å². The summed E-state index contributed by atoms with van der Waals surface area (Å²) in [5.74, 6) is 1.81. The van der Waals surface area contributed by atoms with E-state index in [9.17, 15) is 4.79 Å². The van der Waals surface area contributed by atoms with Gasteiger partial charge in [0.25, 0.3) is 0 Å². The molecule has 3 fully saturated rings. The molecule has 2 atom stereocenters. The maximum Gasteiger partial charge on any atom is 0.244 e. The molecule has 1 amide bonds. The second-order valence-electron chi connectivity index (χ2n) is 8.94. The molecule has 1 aromatic rings. The molecule has 0 aliphatic carbocycles. The van der Waals surface area contributed by atoms with Crippen molar-refractivity contribution in [1.29, 1.82) is 5.26 Å². The Morgan fingerprint density at radius 2 is 1.79 bits per heavy atom. The summed E-state index contributed by atoms with van der Waals surface area (Å²) >= 11 is 0. The lowest BCUT2D eigenvalue weighted by Gasteiger charge is -2.39. The van der Waals surface area contributed by atoms with Crippen LogP contribution in [0, 0.1) is 23.2 Å². The van der Waals surface area contributed by atoms with Gasteiger partial charge in [-0.1, -0.05) is 6.92 Å². The number of benzene rings is 1. The molecule has 5 nitrogen and oxygen atoms in total. The van der Waals surface area contributed by atoms with E-state index in [1.165, 1.54) is 45.3 Å². The minimum absolute atomic E-state index is 0.0276. The van der Waals surface area contributed by atoms with Gasteiger partial charge in [0.1, 0.15) is 0 Å². The minimum Gasteiger partial charge on any atom is -0.311 e. The van der Waals surface area contributed by atoms with E-state index >= 15 is 0 Å². The largest absolute Gasteiger partial charge is 0.311 e. The first-order valence-electron chi connectivity index (χ1n) is 10.9. The Balaban J connectivity index is 1.34. The average Bonchev–Trinajstić information content (AvgIpc) is 3.11. The molecule has 0 spiro atoms. The van der Waals surface area contributed by atoms with E-state index < -0.39 is 0 Å². The Morgan fingerprint density at radius 1 is 1.04 bits per heavy atom. The summed E-state index contributed by atoms with van der Waals surface area (Å²) in [6.07, 6.45) is 6.07. The third kappa shape index (κ3) is 4.24. The number of nitriles is 1. The number of likely N-dealkylation sites (tertiary alicyclic amines) is 2. The predicted octanol–water partition coefficient (Wildman–Crippen LogP) is 3.11. The zero-order chi connectivity index (χ0) is 19.5. The minimum atomic E-state index is 0.0276. The van der Waals surface area contributed by atoms with Gasteiger partial charge in [0, 0.05) is 25.3 Å². The molecule has 1 aromatic carbocycles. The van der Waals surface area contributed by atoms with Crippen LogP contribution in [-0.4, -0.2) is 61.0 Å². The molecule has 150 valence electrons. The lowest BCUT2D eigenvalue weighted by atomic mass is 9.93. The average molecular weight is 381 g/mol. The summed E-state index contributed by atoms with van der Waals surface area (Å²) in [6.45, 7) is 8.93. The lowest BCUT2D eigenvalue weighted by Crippen LogP contribution is -2.49. The molecule has 0 saturated carbocycles. The Kier molecular flexibility index (Phi) is 5.99. The van der Waals surface area contributed by atoms with Crippen LogP contribution in [0.4, 0.5) is 5.69 Å². The zero-order valence-electron chi connectivity index (χ0n) is 17.0. The van der Waals surface area contributed by atoms with Gasteiger partial charge in [-0.15, -0.1) is 0 Å². The summed E-state index contributed by atoms with van der Waals surface area (Å²) < 4.78 is 0. The highest BCUT2D eigenvalue weighted by Crippen LogP contribution is 2.29. The quantitative estimate of drug-likeness (QED) is 0.805. The van der Waals surface area contributed by atoms with Gasteiger partial charge in [-0.2, -0.15) is 5.26 Å². The van der Waals surface area contributed by atoms with Crippen LogP contribution in [0.25, 0.3) is 0 Å². The zero-order valence-corrected chi connectivity index (χ0v) is 17.0. The van der Waals surface area contributed by atoms with E-state index in [-0.39, 0.29) is 11.9 Å². The van der Waals surface area contributed by atoms with Gasteiger partial charge >= 0.3 is 0 Å². The standard InChI is InChI=1S/C23H32N4O/c1-18-8-12-25(13-9-18)16-20-3-2-11-26(17-20)22-10-14-27(23(22)28)21-6-4-19(15-24)5-7-21/h4-7,18,20,22H,2-3,8-14,16-17H2,1H3. The van der Waals surface area contributed by atoms with Crippen LogP contribution in [0.5, 0.6) is 0 Å². The summed E-state index contributed by atoms with van der Waals surface area (Å²) in [6, 6.07) is 9.56. The van der Waals surface area contributed by atoms with E-state index in [2.05, 4.69) is 22.8 Å². The molecule has 0 bridgehead atoms. The van der Waals surface area contributed by atoms with Crippen LogP contribution < -0.4 is 4.90 Å². The molecule has 4 rings (SSSR count). The number of carbonyl (C=O) groups excluding carboxylic acids is 1. The second kappa shape index (κ2) is 8.63. The number of carbonyl (C=O) groups is 1. The Labute approximate surface area is 168 Å². The third-order valence-corrected chi connectivity index (χ3v) is 6.87. The smallest absolute Gasteiger partial charge is 0.244 e. The van der Waals surface area contributed by atoms with E-state index in [0.29, 0.717) is 11.5 Å². The molecule has 2 unspecified atom stereocenters. The van der Waals surface area contributed by atoms with E-state index in [4.69, 9.17) is 5.26 Å². The van der Waals surface area contributed by atoms with Crippen LogP contribution in [0.3, 0.4) is 0 Å². The fourth-order valence-electron chi connectivity index (χ4n) is 5.12. The molecule has 5 heteroatoms. The van der Waals surface area contributed by atoms with Crippen molar-refractivity contribution in [1.82, 2.24) is 9.80 Å². The van der Waals surface area contributed by atoms with Gasteiger partial charge < -0.3 is 9.80 Å². The Morgan fingerprint density at radius 3 is 2.50 bits per heavy atom. The topological polar surface area (TPSA) is 50.6 Å². The Bertz CT molecular complexity index is 717. The summed E-state index contributed by atoms with van der Waals surface area (Å²) in [4.78, 5) is 20.1. The molecule has 0 radical (unpaired) electrons. The van der Waals surface area contributed by atoms with Crippen molar-refractivity contribution in [3.05, 3.63) is 29.8 Å². The van der Waals surface area contributed by atoms with E-state index in [1.54, 1.807) is 12.1 Å². The molecule has 28 heavy (non-hydrogen) atoms. The molecular formula is C23H32N4O. The van der Waals surface area contributed by atoms with Crippen molar-refractivity contribution in [3.63, 3.8) is 0 Å². The number of rotatable bonds is 4. The van der Waals surface area contributed by atoms with Crippen LogP contribution in [0.1, 0.15) is 44.6 Å². The van der Waals surface area contributed by atoms with Gasteiger partial charge in [-0.25, -0.2) is 0 Å². The first-order chi connectivity index (χ1) is 13.6. The van der Waals surface area contributed by atoms with Crippen molar-refractivity contribution < 1.29 is 4.79 Å². The number of hydrogen-bond donors (Lipinski definition) is 0. The summed E-state index contributed by atoms with van der Waals surface area (Å²) in [5.41, 5.74) is 1.56. The predicted molar refractivity (Wildman–Crippen MR) is 111 cm³/mol. The van der Waals surface area contributed by atoms with Crippen LogP contribution >= 0.6 is 0 Å². The first-order valence-corrected chi connectivity index (χ1v) is 10.9. The normalized spacial score (nSPS) is 27.9. The van der Waals surface area contributed by atoms with Gasteiger partial charge in [-0.05, 0) is 87.8 Å². The number of amides is 1. The van der Waals surface area contributed by atoms with E-state index in [1.807, 2.05) is 17.0 Å². The first kappa shape index (κ1) is 19.4. The van der Waals surface area contributed by atoms with E-state index in [0.717, 1.165) is 37.7 Å². The number of anilines is 1. The summed E-state index contributed by atoms with van der Waals surface area (Å²) in [7, 11) is 0. The molecule has 0 N–H and O–H groups in total. The molecule has 0 aromatic heterocycles. The van der Waals surface area contributed by atoms with Crippen molar-refractivity contribution >= 4 is 11.6 Å². The highest BCUT2D eigenvalue weighted by molar-refractivity contribution is 5.99. The molecule has 3 saturated heterocycles. The van der Waals surface area contributed by atoms with Gasteiger partial charge in [0.05, 0.1) is 17.7 Å². The molecular weight excluding hydrogens is 348 g/mol. The van der Waals surface area contributed by atoms with Crippen molar-refractivity contribution in [2.75, 3.05) is 44.2 Å². The maximum atomic E-state index is 13.1. The second-order valence-corrected chi connectivity index (χ2v) is 8.94. The fourth-order valence-corrected chi connectivity index (χ4v) is 5.12. The van der Waals surface area contributed by atoms with Gasteiger partial charge in [0.2, 0.25) is 5.91 Å². The number of nitrogens with zero attached hydrogens (tertiary/aromatic N) is 4. The number of piperidine rings is 2. The van der Waals surface area contributed by atoms with Crippen molar-refractivity contribution in [2.24, 2.45) is 11.8 Å². The molecule has 3 heterocycles. The third-order valence-electron chi connectivity index (χ3n) is 6.87. The van der Waals surface area contributed by atoms with Crippen molar-refractivity contribution in [3.8, 4) is 6.07 Å². The van der Waals surface area contributed by atoms with Gasteiger partial charge in [-0.3, -0.25) is 9.69 Å². The van der Waals surface area contributed by atoms with Crippen LogP contribution in [-0.2, 0) is 4.79 Å². The Hall–Kier alpha value is -1.90. The van der Waals surface area contributed by atoms with Gasteiger partial charge in [0.15, 0.2) is 0 Å². The van der Waals surface area contributed by atoms with Crippen LogP contribution in [0.15, 0.2) is 24.3 Å². The van der Waals surface area contributed by atoms with Crippen LogP contribution in [0.2, 0.25) is 0 Å². The lowest BCUT2D eigenvalue weighted by molar-refractivity contribution is -0.122. The summed E-state index contributed by atoms with van der Waals surface area (Å²) in [5, 5.41) is 8.97. The molecule has 3 aliphatic heterocycles. The monoisotopic (exact) mass is 380 g/mol. The highest BCUT2D eigenvalue weighted by Gasteiger charge is 2.38. The highest BCUT2D eigenvalue weighted by atomic mass is 16.2. The maximum absolute atomic E-state index is 13.1. The fraction of sp³-hybridized carbons (Fsp3) is 0.652.